The van der Waals surface area contributed by atoms with E-state index in [2.05, 4.69) is 0 Å². The van der Waals surface area contributed by atoms with E-state index >= 15 is 0 Å². The number of azo groups is 1. The third-order valence-electron chi connectivity index (χ3n) is 2.58. The van der Waals surface area contributed by atoms with Crippen molar-refractivity contribution in [1.29, 1.82) is 0 Å². The highest BCUT2D eigenvalue weighted by Crippen LogP contribution is 2.02. The lowest BCUT2D eigenvalue weighted by molar-refractivity contribution is -0.911. The first-order valence-electron chi connectivity index (χ1n) is 6.15. The van der Waals surface area contributed by atoms with Crippen molar-refractivity contribution in [2.24, 2.45) is 0 Å². The summed E-state index contributed by atoms with van der Waals surface area (Å²) >= 11 is 0. The molecule has 0 atom stereocenters. The Bertz CT molecular complexity index is 575. The first kappa shape index (κ1) is 13.5. The van der Waals surface area contributed by atoms with Gasteiger partial charge in [-0.15, -0.1) is 0 Å². The summed E-state index contributed by atoms with van der Waals surface area (Å²) in [7, 11) is 0. The van der Waals surface area contributed by atoms with Crippen LogP contribution in [0, 0.1) is 10.4 Å². The molecule has 0 aliphatic rings. The molecule has 4 heteroatoms. The van der Waals surface area contributed by atoms with Gasteiger partial charge in [0.2, 0.25) is 0 Å². The van der Waals surface area contributed by atoms with Crippen molar-refractivity contribution in [2.45, 2.75) is 0 Å². The minimum Gasteiger partial charge on any atom is -0.561 e. The van der Waals surface area contributed by atoms with Crippen LogP contribution in [-0.2, 0) is 0 Å². The van der Waals surface area contributed by atoms with Crippen molar-refractivity contribution in [3.8, 4) is 0 Å². The normalized spacial score (nSPS) is 12.8. The van der Waals surface area contributed by atoms with E-state index in [1.807, 2.05) is 60.7 Å². The fourth-order valence-corrected chi connectivity index (χ4v) is 1.56. The number of hydroxylamine groups is 2. The molecule has 20 heavy (non-hydrogen) atoms. The average molecular weight is 266 g/mol. The number of rotatable bonds is 4. The fourth-order valence-electron chi connectivity index (χ4n) is 1.56. The van der Waals surface area contributed by atoms with Gasteiger partial charge >= 0.3 is 0 Å². The molecule has 0 spiro atoms. The van der Waals surface area contributed by atoms with Crippen LogP contribution < -0.4 is 0 Å². The summed E-state index contributed by atoms with van der Waals surface area (Å²) in [4.78, 5) is 0.457. The van der Waals surface area contributed by atoms with Gasteiger partial charge in [-0.1, -0.05) is 60.7 Å². The topological polar surface area (TPSA) is 52.1 Å². The Morgan fingerprint density at radius 3 is 1.30 bits per heavy atom. The highest BCUT2D eigenvalue weighted by atomic mass is 16.6. The number of nitrogens with zero attached hydrogens (tertiary/aromatic N) is 2. The van der Waals surface area contributed by atoms with Crippen LogP contribution >= 0.6 is 0 Å². The van der Waals surface area contributed by atoms with E-state index in [-0.39, 0.29) is 9.72 Å². The van der Waals surface area contributed by atoms with Gasteiger partial charge in [0.05, 0.1) is 9.72 Å². The molecule has 2 rings (SSSR count). The van der Waals surface area contributed by atoms with Gasteiger partial charge < -0.3 is 10.4 Å². The Kier molecular flexibility index (Phi) is 4.67. The molecular weight excluding hydrogens is 252 g/mol. The van der Waals surface area contributed by atoms with Gasteiger partial charge in [-0.3, -0.25) is 0 Å². The van der Waals surface area contributed by atoms with Gasteiger partial charge in [0.1, 0.15) is 0 Å². The van der Waals surface area contributed by atoms with Gasteiger partial charge in [0, 0.05) is 12.2 Å². The zero-order valence-electron chi connectivity index (χ0n) is 10.8. The SMILES string of the molecule is [O-][N+](/C=C\c1ccccc1)=[N+]([O-])\C=C/c1ccccc1. The highest BCUT2D eigenvalue weighted by Gasteiger charge is 1.98. The standard InChI is InChI=1S/C16H14N2O2/c19-17(13-11-15-7-3-1-4-8-15)18(20)14-12-16-9-5-2-6-10-16/h1-14H/b13-11-,14-12-,18-17+. The summed E-state index contributed by atoms with van der Waals surface area (Å²) in [5.74, 6) is 0. The number of benzene rings is 2. The van der Waals surface area contributed by atoms with Crippen LogP contribution in [0.1, 0.15) is 11.1 Å². The predicted octanol–water partition coefficient (Wildman–Crippen LogP) is 3.80. The minimum absolute atomic E-state index is 0.229. The van der Waals surface area contributed by atoms with Crippen LogP contribution in [0.15, 0.2) is 73.1 Å². The van der Waals surface area contributed by atoms with E-state index in [1.54, 1.807) is 12.2 Å². The van der Waals surface area contributed by atoms with Gasteiger partial charge in [0.25, 0.3) is 12.4 Å². The molecule has 0 saturated carbocycles. The molecule has 100 valence electrons. The van der Waals surface area contributed by atoms with Crippen LogP contribution in [0.2, 0.25) is 0 Å². The molecule has 0 amide bonds. The maximum Gasteiger partial charge on any atom is 0.253 e. The Hall–Kier alpha value is -2.88. The molecule has 2 aromatic rings. The molecule has 0 N–H and O–H groups in total. The molecule has 0 saturated heterocycles. The number of hydrogen-bond donors (Lipinski definition) is 0. The lowest BCUT2D eigenvalue weighted by atomic mass is 10.2. The lowest BCUT2D eigenvalue weighted by Gasteiger charge is -1.95. The fraction of sp³-hybridized carbons (Fsp3) is 0. The van der Waals surface area contributed by atoms with Crippen molar-refractivity contribution in [1.82, 2.24) is 0 Å². The molecular formula is C16H14N2O2. The Labute approximate surface area is 117 Å². The van der Waals surface area contributed by atoms with Crippen LogP contribution in [0.4, 0.5) is 0 Å². The summed E-state index contributed by atoms with van der Waals surface area (Å²) in [6.07, 6.45) is 5.51. The molecule has 0 aromatic heterocycles. The largest absolute Gasteiger partial charge is 0.561 e. The van der Waals surface area contributed by atoms with Crippen LogP contribution in [0.3, 0.4) is 0 Å². The van der Waals surface area contributed by atoms with E-state index in [1.165, 1.54) is 12.4 Å². The van der Waals surface area contributed by atoms with Gasteiger partial charge in [-0.2, -0.15) is 0 Å². The monoisotopic (exact) mass is 266 g/mol. The lowest BCUT2D eigenvalue weighted by Crippen LogP contribution is -2.05. The molecule has 4 nitrogen and oxygen atoms in total. The van der Waals surface area contributed by atoms with E-state index in [0.717, 1.165) is 11.1 Å². The third-order valence-corrected chi connectivity index (χ3v) is 2.58. The van der Waals surface area contributed by atoms with Crippen LogP contribution in [-0.4, -0.2) is 9.72 Å². The van der Waals surface area contributed by atoms with Gasteiger partial charge in [0.15, 0.2) is 0 Å². The Morgan fingerprint density at radius 2 is 0.950 bits per heavy atom. The maximum atomic E-state index is 11.5. The van der Waals surface area contributed by atoms with E-state index < -0.39 is 0 Å². The van der Waals surface area contributed by atoms with Crippen molar-refractivity contribution >= 4 is 12.2 Å². The van der Waals surface area contributed by atoms with Crippen molar-refractivity contribution < 1.29 is 9.72 Å². The molecule has 2 aromatic carbocycles. The summed E-state index contributed by atoms with van der Waals surface area (Å²) in [5.41, 5.74) is 1.71. The second-order valence-electron chi connectivity index (χ2n) is 4.06. The van der Waals surface area contributed by atoms with E-state index in [4.69, 9.17) is 0 Å². The predicted molar refractivity (Wildman–Crippen MR) is 78.2 cm³/mol. The molecule has 0 fully saturated rings. The summed E-state index contributed by atoms with van der Waals surface area (Å²) in [6, 6.07) is 18.6. The smallest absolute Gasteiger partial charge is 0.253 e. The average Bonchev–Trinajstić information content (AvgIpc) is 2.52. The minimum atomic E-state index is 0.229. The molecule has 0 aliphatic carbocycles. The van der Waals surface area contributed by atoms with Gasteiger partial charge in [-0.05, 0) is 11.1 Å². The zero-order valence-corrected chi connectivity index (χ0v) is 10.8. The van der Waals surface area contributed by atoms with E-state index in [0.29, 0.717) is 0 Å². The highest BCUT2D eigenvalue weighted by molar-refractivity contribution is 5.47. The molecule has 0 radical (unpaired) electrons. The van der Waals surface area contributed by atoms with Crippen LogP contribution in [0.25, 0.3) is 12.2 Å². The Morgan fingerprint density at radius 1 is 0.600 bits per heavy atom. The van der Waals surface area contributed by atoms with Crippen molar-refractivity contribution in [3.63, 3.8) is 0 Å². The Balaban J connectivity index is 2.08. The van der Waals surface area contributed by atoms with Crippen LogP contribution in [0.5, 0.6) is 0 Å². The number of hydrogen-bond acceptors (Lipinski definition) is 2. The summed E-state index contributed by atoms with van der Waals surface area (Å²) in [6.45, 7) is 0. The maximum absolute atomic E-state index is 11.5. The summed E-state index contributed by atoms with van der Waals surface area (Å²) in [5, 5.41) is 23.1. The molecule has 0 bridgehead atoms. The summed E-state index contributed by atoms with van der Waals surface area (Å²) < 4.78 is 0. The molecule has 0 aliphatic heterocycles. The first-order chi connectivity index (χ1) is 9.75. The first-order valence-corrected chi connectivity index (χ1v) is 6.15. The van der Waals surface area contributed by atoms with Crippen molar-refractivity contribution in [2.75, 3.05) is 0 Å². The van der Waals surface area contributed by atoms with E-state index in [9.17, 15) is 10.4 Å². The zero-order chi connectivity index (χ0) is 14.2. The second kappa shape index (κ2) is 6.89. The second-order valence-corrected chi connectivity index (χ2v) is 4.06. The molecule has 0 heterocycles. The molecule has 0 unspecified atom stereocenters. The quantitative estimate of drug-likeness (QED) is 0.480. The third kappa shape index (κ3) is 4.10. The van der Waals surface area contributed by atoms with Crippen molar-refractivity contribution in [3.05, 3.63) is 94.6 Å². The van der Waals surface area contributed by atoms with Gasteiger partial charge in [-0.25, -0.2) is 0 Å².